The highest BCUT2D eigenvalue weighted by molar-refractivity contribution is 6.83. The molecule has 1 rings (SSSR count). The van der Waals surface area contributed by atoms with Gasteiger partial charge in [0.1, 0.15) is 19.7 Å². The Kier molecular flexibility index (Phi) is 8.74. The maximum absolute atomic E-state index is 13.5. The van der Waals surface area contributed by atoms with E-state index in [-0.39, 0.29) is 6.42 Å². The molecule has 0 saturated carbocycles. The molecule has 30 heavy (non-hydrogen) atoms. The van der Waals surface area contributed by atoms with Gasteiger partial charge in [-0.1, -0.05) is 19.6 Å². The number of nitrogens with zero attached hydrogens (tertiary/aromatic N) is 1. The van der Waals surface area contributed by atoms with Gasteiger partial charge in [-0.25, -0.2) is 14.5 Å². The zero-order chi connectivity index (χ0) is 23.2. The molecule has 166 valence electrons. The number of likely N-dealkylation sites (tertiary alicyclic amines) is 1. The lowest BCUT2D eigenvalue weighted by molar-refractivity contribution is -0.149. The molecule has 1 aliphatic rings. The first-order valence-corrected chi connectivity index (χ1v) is 13.8. The highest BCUT2D eigenvalue weighted by Gasteiger charge is 2.56. The minimum Gasteiger partial charge on any atom is -0.467 e. The Hall–Kier alpha value is -2.25. The van der Waals surface area contributed by atoms with E-state index < -0.39 is 43.1 Å². The Bertz CT molecular complexity index is 785. The number of carbonyl (C=O) groups is 3. The summed E-state index contributed by atoms with van der Waals surface area (Å²) in [6, 6.07) is -1.00. The number of ether oxygens (including phenoxy) is 2. The number of hydrogen-bond acceptors (Lipinski definition) is 5. The van der Waals surface area contributed by atoms with Gasteiger partial charge in [0.15, 0.2) is 0 Å². The maximum Gasteiger partial charge on any atom is 0.417 e. The van der Waals surface area contributed by atoms with Crippen molar-refractivity contribution in [2.45, 2.75) is 91.1 Å². The van der Waals surface area contributed by atoms with Crippen LogP contribution < -0.4 is 0 Å². The molecule has 7 heteroatoms. The number of amides is 2. The smallest absolute Gasteiger partial charge is 0.417 e. The summed E-state index contributed by atoms with van der Waals surface area (Å²) in [6.45, 7) is 13.4. The average molecular weight is 434 g/mol. The Balaban J connectivity index is 3.28. The summed E-state index contributed by atoms with van der Waals surface area (Å²) < 4.78 is 10.3. The lowest BCUT2D eigenvalue weighted by Gasteiger charge is -2.28. The van der Waals surface area contributed by atoms with Crippen LogP contribution in [0.5, 0.6) is 0 Å². The summed E-state index contributed by atoms with van der Waals surface area (Å²) in [7, 11) is -0.277. The summed E-state index contributed by atoms with van der Waals surface area (Å²) in [4.78, 5) is 39.7. The molecule has 1 saturated heterocycles. The molecule has 6 nitrogen and oxygen atoms in total. The van der Waals surface area contributed by atoms with Gasteiger partial charge in [0.05, 0.1) is 12.5 Å². The summed E-state index contributed by atoms with van der Waals surface area (Å²) >= 11 is 0. The third-order valence-electron chi connectivity index (χ3n) is 4.73. The van der Waals surface area contributed by atoms with Gasteiger partial charge in [0.25, 0.3) is 0 Å². The van der Waals surface area contributed by atoms with Crippen molar-refractivity contribution in [3.8, 4) is 23.3 Å². The number of imide groups is 1. The zero-order valence-electron chi connectivity index (χ0n) is 19.6. The number of carbonyl (C=O) groups excluding carboxylic acids is 3. The molecule has 0 aromatic carbocycles. The molecule has 2 atom stereocenters. The minimum atomic E-state index is -1.53. The fourth-order valence-corrected chi connectivity index (χ4v) is 4.05. The quantitative estimate of drug-likeness (QED) is 0.370. The molecule has 1 fully saturated rings. The number of hydrogen-bond donors (Lipinski definition) is 0. The molecular formula is C23H35NO5Si. The van der Waals surface area contributed by atoms with Gasteiger partial charge in [-0.3, -0.25) is 4.79 Å². The van der Waals surface area contributed by atoms with Crippen LogP contribution in [-0.2, 0) is 19.1 Å². The second-order valence-corrected chi connectivity index (χ2v) is 14.4. The SMILES string of the molecule is CC#CCCC1(CCC#C[Si](C)(C)C)C[C@@H](C(=O)OC)N(C(=O)OC(C)(C)C)C1=O. The van der Waals surface area contributed by atoms with Gasteiger partial charge in [0, 0.05) is 12.8 Å². The van der Waals surface area contributed by atoms with Crippen LogP contribution in [0.1, 0.15) is 59.8 Å². The van der Waals surface area contributed by atoms with Crippen LogP contribution >= 0.6 is 0 Å². The molecule has 2 amide bonds. The summed E-state index contributed by atoms with van der Waals surface area (Å²) in [5.74, 6) is 8.01. The van der Waals surface area contributed by atoms with E-state index in [0.717, 1.165) is 4.90 Å². The van der Waals surface area contributed by atoms with E-state index in [9.17, 15) is 14.4 Å². The maximum atomic E-state index is 13.5. The fourth-order valence-electron chi connectivity index (χ4n) is 3.39. The molecule has 1 unspecified atom stereocenters. The largest absolute Gasteiger partial charge is 0.467 e. The first-order valence-electron chi connectivity index (χ1n) is 10.3. The zero-order valence-corrected chi connectivity index (χ0v) is 20.6. The summed E-state index contributed by atoms with van der Waals surface area (Å²) in [6.07, 6.45) is 1.30. The van der Waals surface area contributed by atoms with Crippen molar-refractivity contribution in [1.82, 2.24) is 4.90 Å². The van der Waals surface area contributed by atoms with Gasteiger partial charge in [-0.15, -0.1) is 23.3 Å². The first kappa shape index (κ1) is 25.8. The summed E-state index contributed by atoms with van der Waals surface area (Å²) in [5.41, 5.74) is 1.62. The Morgan fingerprint density at radius 2 is 1.73 bits per heavy atom. The molecule has 0 aromatic heterocycles. The monoisotopic (exact) mass is 433 g/mol. The Morgan fingerprint density at radius 1 is 1.17 bits per heavy atom. The van der Waals surface area contributed by atoms with Crippen molar-refractivity contribution in [3.63, 3.8) is 0 Å². The highest BCUT2D eigenvalue weighted by atomic mass is 28.3. The van der Waals surface area contributed by atoms with Gasteiger partial charge in [0.2, 0.25) is 5.91 Å². The normalized spacial score (nSPS) is 21.3. The lowest BCUT2D eigenvalue weighted by atomic mass is 9.76. The molecule has 0 aliphatic carbocycles. The lowest BCUT2D eigenvalue weighted by Crippen LogP contribution is -2.47. The van der Waals surface area contributed by atoms with Gasteiger partial charge >= 0.3 is 12.1 Å². The summed E-state index contributed by atoms with van der Waals surface area (Å²) in [5, 5.41) is 0. The molecule has 1 heterocycles. The van der Waals surface area contributed by atoms with E-state index in [4.69, 9.17) is 9.47 Å². The van der Waals surface area contributed by atoms with Crippen molar-refractivity contribution < 1.29 is 23.9 Å². The van der Waals surface area contributed by atoms with E-state index in [1.54, 1.807) is 27.7 Å². The molecule has 0 radical (unpaired) electrons. The number of rotatable bonds is 5. The predicted molar refractivity (Wildman–Crippen MR) is 119 cm³/mol. The van der Waals surface area contributed by atoms with Crippen molar-refractivity contribution in [2.75, 3.05) is 7.11 Å². The average Bonchev–Trinajstić information content (AvgIpc) is 2.89. The van der Waals surface area contributed by atoms with E-state index in [0.29, 0.717) is 25.7 Å². The topological polar surface area (TPSA) is 72.9 Å². The van der Waals surface area contributed by atoms with E-state index in [1.807, 2.05) is 0 Å². The van der Waals surface area contributed by atoms with Crippen LogP contribution in [0.2, 0.25) is 19.6 Å². The molecule has 0 aromatic rings. The second-order valence-electron chi connectivity index (χ2n) is 9.66. The number of methoxy groups -OCH3 is 1. The van der Waals surface area contributed by atoms with Gasteiger partial charge < -0.3 is 9.47 Å². The standard InChI is InChI=1S/C23H35NO5Si/c1-9-10-11-14-23(15-12-13-16-30(6,7)8)17-18(19(25)28-5)24(20(23)26)21(27)29-22(2,3)4/h18H,11-12,14-15,17H2,1-8H3/t18-,23?/m0/s1. The van der Waals surface area contributed by atoms with Crippen LogP contribution in [0.4, 0.5) is 4.79 Å². The molecule has 0 spiro atoms. The van der Waals surface area contributed by atoms with Crippen LogP contribution in [-0.4, -0.2) is 49.7 Å². The molecule has 0 bridgehead atoms. The second kappa shape index (κ2) is 10.2. The van der Waals surface area contributed by atoms with Crippen molar-refractivity contribution in [3.05, 3.63) is 0 Å². The molecule has 1 aliphatic heterocycles. The van der Waals surface area contributed by atoms with Crippen LogP contribution in [0.25, 0.3) is 0 Å². The molecular weight excluding hydrogens is 398 g/mol. The van der Waals surface area contributed by atoms with Crippen molar-refractivity contribution >= 4 is 26.0 Å². The van der Waals surface area contributed by atoms with Crippen molar-refractivity contribution in [1.29, 1.82) is 0 Å². The Morgan fingerprint density at radius 3 is 2.20 bits per heavy atom. The third kappa shape index (κ3) is 7.22. The number of esters is 1. The fraction of sp³-hybridized carbons (Fsp3) is 0.696. The molecule has 0 N–H and O–H groups in total. The predicted octanol–water partition coefficient (Wildman–Crippen LogP) is 4.15. The third-order valence-corrected chi connectivity index (χ3v) is 5.66. The van der Waals surface area contributed by atoms with Gasteiger partial charge in [-0.05, 0) is 47.0 Å². The Labute approximate surface area is 182 Å². The van der Waals surface area contributed by atoms with E-state index in [2.05, 4.69) is 42.9 Å². The van der Waals surface area contributed by atoms with Crippen LogP contribution in [0, 0.1) is 28.7 Å². The van der Waals surface area contributed by atoms with E-state index >= 15 is 0 Å². The minimum absolute atomic E-state index is 0.192. The highest BCUT2D eigenvalue weighted by Crippen LogP contribution is 2.44. The van der Waals surface area contributed by atoms with Crippen molar-refractivity contribution in [2.24, 2.45) is 5.41 Å². The van der Waals surface area contributed by atoms with Crippen LogP contribution in [0.15, 0.2) is 0 Å². The first-order chi connectivity index (χ1) is 13.8. The van der Waals surface area contributed by atoms with Gasteiger partial charge in [-0.2, -0.15) is 0 Å². The van der Waals surface area contributed by atoms with E-state index in [1.165, 1.54) is 7.11 Å². The van der Waals surface area contributed by atoms with Crippen LogP contribution in [0.3, 0.4) is 0 Å².